The molecule has 7 heteroatoms. The molecule has 0 saturated carbocycles. The first-order valence-corrected chi connectivity index (χ1v) is 7.64. The molecule has 0 aliphatic rings. The van der Waals surface area contributed by atoms with E-state index in [-0.39, 0.29) is 6.04 Å². The van der Waals surface area contributed by atoms with Gasteiger partial charge in [0.15, 0.2) is 0 Å². The van der Waals surface area contributed by atoms with Gasteiger partial charge < -0.3 is 10.5 Å². The van der Waals surface area contributed by atoms with E-state index in [1.807, 2.05) is 6.92 Å². The molecule has 0 saturated heterocycles. The Bertz CT molecular complexity index is 442. The van der Waals surface area contributed by atoms with Crippen molar-refractivity contribution in [3.63, 3.8) is 0 Å². The van der Waals surface area contributed by atoms with E-state index in [1.54, 1.807) is 18.6 Å². The maximum Gasteiger partial charge on any atom is 0.250 e. The van der Waals surface area contributed by atoms with E-state index in [0.29, 0.717) is 23.8 Å². The molecule has 1 unspecified atom stereocenters. The lowest BCUT2D eigenvalue weighted by Crippen LogP contribution is -2.32. The Morgan fingerprint density at radius 1 is 1.59 bits per heavy atom. The lowest BCUT2D eigenvalue weighted by molar-refractivity contribution is 0.188. The molecule has 0 aromatic carbocycles. The molecule has 1 heterocycles. The Morgan fingerprint density at radius 3 is 2.82 bits per heavy atom. The van der Waals surface area contributed by atoms with Gasteiger partial charge in [0.05, 0.1) is 0 Å². The molecule has 1 atom stereocenters. The highest BCUT2D eigenvalue weighted by Gasteiger charge is 2.19. The van der Waals surface area contributed by atoms with Crippen LogP contribution in [0.5, 0.6) is 0 Å². The minimum absolute atomic E-state index is 0.150. The highest BCUT2D eigenvalue weighted by atomic mass is 32.2. The number of sulfonamides is 1. The van der Waals surface area contributed by atoms with Gasteiger partial charge in [0.2, 0.25) is 10.0 Å². The fourth-order valence-corrected chi connectivity index (χ4v) is 3.79. The van der Waals surface area contributed by atoms with Crippen LogP contribution in [-0.4, -0.2) is 28.2 Å². The lowest BCUT2D eigenvalue weighted by Gasteiger charge is -2.12. The van der Waals surface area contributed by atoms with Crippen LogP contribution in [0, 0.1) is 0 Å². The predicted octanol–water partition coefficient (Wildman–Crippen LogP) is 0.910. The zero-order chi connectivity index (χ0) is 12.9. The van der Waals surface area contributed by atoms with Crippen molar-refractivity contribution in [1.29, 1.82) is 0 Å². The van der Waals surface area contributed by atoms with Crippen molar-refractivity contribution in [2.24, 2.45) is 5.73 Å². The van der Waals surface area contributed by atoms with Gasteiger partial charge in [0.1, 0.15) is 4.21 Å². The maximum absolute atomic E-state index is 12.0. The van der Waals surface area contributed by atoms with Gasteiger partial charge in [-0.3, -0.25) is 0 Å². The van der Waals surface area contributed by atoms with Crippen molar-refractivity contribution in [1.82, 2.24) is 4.72 Å². The van der Waals surface area contributed by atoms with Gasteiger partial charge in [-0.2, -0.15) is 0 Å². The van der Waals surface area contributed by atoms with Crippen LogP contribution in [-0.2, 0) is 21.3 Å². The Balaban J connectivity index is 2.68. The van der Waals surface area contributed by atoms with Gasteiger partial charge in [0, 0.05) is 26.3 Å². The smallest absolute Gasteiger partial charge is 0.250 e. The predicted molar refractivity (Wildman–Crippen MR) is 68.5 cm³/mol. The van der Waals surface area contributed by atoms with E-state index in [4.69, 9.17) is 10.5 Å². The molecule has 1 aromatic heterocycles. The molecule has 1 rings (SSSR count). The monoisotopic (exact) mass is 278 g/mol. The van der Waals surface area contributed by atoms with Crippen LogP contribution in [0.15, 0.2) is 15.7 Å². The van der Waals surface area contributed by atoms with Crippen LogP contribution in [0.25, 0.3) is 0 Å². The second-order valence-corrected chi connectivity index (χ2v) is 6.63. The van der Waals surface area contributed by atoms with Crippen molar-refractivity contribution in [2.45, 2.75) is 30.1 Å². The van der Waals surface area contributed by atoms with E-state index >= 15 is 0 Å². The molecule has 0 fully saturated rings. The first kappa shape index (κ1) is 14.6. The van der Waals surface area contributed by atoms with E-state index in [1.165, 1.54) is 11.3 Å². The molecule has 0 aliphatic carbocycles. The molecule has 3 N–H and O–H groups in total. The summed E-state index contributed by atoms with van der Waals surface area (Å²) in [7, 11) is -1.83. The van der Waals surface area contributed by atoms with Gasteiger partial charge in [-0.25, -0.2) is 13.1 Å². The molecule has 0 radical (unpaired) electrons. The number of hydrogen-bond acceptors (Lipinski definition) is 5. The second-order valence-electron chi connectivity index (χ2n) is 3.78. The Morgan fingerprint density at radius 2 is 2.29 bits per heavy atom. The summed E-state index contributed by atoms with van der Waals surface area (Å²) in [6, 6.07) is 1.46. The van der Waals surface area contributed by atoms with Crippen molar-refractivity contribution in [3.8, 4) is 0 Å². The highest BCUT2D eigenvalue weighted by Crippen LogP contribution is 2.20. The minimum atomic E-state index is -3.42. The van der Waals surface area contributed by atoms with Crippen molar-refractivity contribution < 1.29 is 13.2 Å². The summed E-state index contributed by atoms with van der Waals surface area (Å²) >= 11 is 1.19. The van der Waals surface area contributed by atoms with Crippen LogP contribution in [0.2, 0.25) is 0 Å². The molecule has 5 nitrogen and oxygen atoms in total. The van der Waals surface area contributed by atoms with Crippen LogP contribution in [0.3, 0.4) is 0 Å². The summed E-state index contributed by atoms with van der Waals surface area (Å²) in [5.74, 6) is 0. The molecule has 98 valence electrons. The second kappa shape index (κ2) is 6.46. The average molecular weight is 278 g/mol. The third-order valence-electron chi connectivity index (χ3n) is 2.24. The lowest BCUT2D eigenvalue weighted by atomic mass is 10.3. The SMILES string of the molecule is COCCC(C)NS(=O)(=O)c1cc(CN)cs1. The van der Waals surface area contributed by atoms with Crippen molar-refractivity contribution in [3.05, 3.63) is 17.0 Å². The average Bonchev–Trinajstić information content (AvgIpc) is 2.75. The first-order valence-electron chi connectivity index (χ1n) is 5.28. The number of thiophene rings is 1. The molecule has 0 bridgehead atoms. The number of nitrogens with one attached hydrogen (secondary N) is 1. The summed E-state index contributed by atoms with van der Waals surface area (Å²) < 4.78 is 31.7. The summed E-state index contributed by atoms with van der Waals surface area (Å²) in [6.45, 7) is 2.70. The summed E-state index contributed by atoms with van der Waals surface area (Å²) in [5.41, 5.74) is 6.28. The molecular weight excluding hydrogens is 260 g/mol. The Labute approximate surface area is 106 Å². The quantitative estimate of drug-likeness (QED) is 0.777. The van der Waals surface area contributed by atoms with E-state index < -0.39 is 10.0 Å². The molecule has 17 heavy (non-hydrogen) atoms. The largest absolute Gasteiger partial charge is 0.385 e. The first-order chi connectivity index (χ1) is 7.99. The molecular formula is C10H18N2O3S2. The van der Waals surface area contributed by atoms with Gasteiger partial charge in [-0.05, 0) is 30.4 Å². The van der Waals surface area contributed by atoms with Gasteiger partial charge in [0.25, 0.3) is 0 Å². The van der Waals surface area contributed by atoms with Crippen LogP contribution < -0.4 is 10.5 Å². The fourth-order valence-electron chi connectivity index (χ4n) is 1.28. The zero-order valence-corrected chi connectivity index (χ0v) is 11.6. The Hall–Kier alpha value is -0.470. The van der Waals surface area contributed by atoms with Crippen LogP contribution in [0.1, 0.15) is 18.9 Å². The summed E-state index contributed by atoms with van der Waals surface area (Å²) in [5, 5.41) is 1.76. The number of hydrogen-bond donors (Lipinski definition) is 2. The van der Waals surface area contributed by atoms with E-state index in [0.717, 1.165) is 5.56 Å². The van der Waals surface area contributed by atoms with Crippen molar-refractivity contribution >= 4 is 21.4 Å². The third kappa shape index (κ3) is 4.36. The van der Waals surface area contributed by atoms with Gasteiger partial charge >= 0.3 is 0 Å². The van der Waals surface area contributed by atoms with Crippen LogP contribution in [0.4, 0.5) is 0 Å². The number of nitrogens with two attached hydrogens (primary N) is 1. The number of ether oxygens (including phenoxy) is 1. The van der Waals surface area contributed by atoms with E-state index in [2.05, 4.69) is 4.72 Å². The summed E-state index contributed by atoms with van der Waals surface area (Å²) in [4.78, 5) is 0. The van der Waals surface area contributed by atoms with Gasteiger partial charge in [-0.15, -0.1) is 11.3 Å². The van der Waals surface area contributed by atoms with E-state index in [9.17, 15) is 8.42 Å². The third-order valence-corrected chi connectivity index (χ3v) is 5.32. The summed E-state index contributed by atoms with van der Waals surface area (Å²) in [6.07, 6.45) is 0.644. The number of methoxy groups -OCH3 is 1. The van der Waals surface area contributed by atoms with Crippen LogP contribution >= 0.6 is 11.3 Å². The molecule has 0 amide bonds. The molecule has 0 aliphatic heterocycles. The standard InChI is InChI=1S/C10H18N2O3S2/c1-8(3-4-15-2)12-17(13,14)10-5-9(6-11)7-16-10/h5,7-8,12H,3-4,6,11H2,1-2H3. The normalized spacial score (nSPS) is 13.8. The maximum atomic E-state index is 12.0. The molecule has 0 spiro atoms. The minimum Gasteiger partial charge on any atom is -0.385 e. The highest BCUT2D eigenvalue weighted by molar-refractivity contribution is 7.91. The topological polar surface area (TPSA) is 81.4 Å². The molecule has 1 aromatic rings. The van der Waals surface area contributed by atoms with Gasteiger partial charge in [-0.1, -0.05) is 0 Å². The fraction of sp³-hybridized carbons (Fsp3) is 0.600. The zero-order valence-electron chi connectivity index (χ0n) is 9.97. The van der Waals surface area contributed by atoms with Crippen molar-refractivity contribution in [2.75, 3.05) is 13.7 Å². The number of rotatable bonds is 7. The Kier molecular flexibility index (Phi) is 5.54.